The van der Waals surface area contributed by atoms with Crippen molar-refractivity contribution in [1.29, 1.82) is 0 Å². The Morgan fingerprint density at radius 3 is 2.19 bits per heavy atom. The van der Waals surface area contributed by atoms with Gasteiger partial charge in [-0.15, -0.1) is 13.1 Å². The van der Waals surface area contributed by atoms with Gasteiger partial charge in [0.15, 0.2) is 0 Å². The van der Waals surface area contributed by atoms with E-state index in [9.17, 15) is 9.90 Å². The molecule has 2 aliphatic heterocycles. The molecule has 0 spiro atoms. The van der Waals surface area contributed by atoms with Gasteiger partial charge in [-0.2, -0.15) is 0 Å². The second-order valence-electron chi connectivity index (χ2n) is 4.56. The minimum absolute atomic E-state index is 0. The van der Waals surface area contributed by atoms with Crippen molar-refractivity contribution in [2.24, 2.45) is 0 Å². The van der Waals surface area contributed by atoms with Crippen molar-refractivity contribution in [3.05, 3.63) is 5.32 Å². The van der Waals surface area contributed by atoms with Gasteiger partial charge in [0.1, 0.15) is 5.54 Å². The predicted octanol–water partition coefficient (Wildman–Crippen LogP) is -1.53. The summed E-state index contributed by atoms with van der Waals surface area (Å²) in [5, 5.41) is 13.7. The quantitative estimate of drug-likeness (QED) is 0.572. The Morgan fingerprint density at radius 2 is 1.69 bits per heavy atom. The van der Waals surface area contributed by atoms with Crippen molar-refractivity contribution >= 4 is 5.97 Å². The number of hydrogen-bond donors (Lipinski definition) is 1. The fraction of sp³-hybridized carbons (Fsp3) is 0.909. The molecule has 0 atom stereocenters. The van der Waals surface area contributed by atoms with E-state index < -0.39 is 11.5 Å². The van der Waals surface area contributed by atoms with Crippen molar-refractivity contribution in [3.63, 3.8) is 0 Å². The van der Waals surface area contributed by atoms with Gasteiger partial charge in [-0.3, -0.25) is 9.69 Å². The second kappa shape index (κ2) is 6.07. The Bertz CT molecular complexity index is 236. The molecule has 2 rings (SSSR count). The van der Waals surface area contributed by atoms with Crippen molar-refractivity contribution in [2.75, 3.05) is 26.2 Å². The molecule has 4 nitrogen and oxygen atoms in total. The maximum absolute atomic E-state index is 11.5. The van der Waals surface area contributed by atoms with Crippen LogP contribution in [0, 0.1) is 0 Å². The van der Waals surface area contributed by atoms with E-state index in [2.05, 4.69) is 10.2 Å². The fourth-order valence-corrected chi connectivity index (χ4v) is 2.75. The summed E-state index contributed by atoms with van der Waals surface area (Å²) < 4.78 is 0. The number of piperidine rings is 2. The first-order valence-electron chi connectivity index (χ1n) is 5.87. The van der Waals surface area contributed by atoms with E-state index in [4.69, 9.17) is 0 Å². The molecule has 2 aliphatic rings. The first kappa shape index (κ1) is 14.0. The molecule has 2 saturated heterocycles. The van der Waals surface area contributed by atoms with E-state index in [0.717, 1.165) is 25.9 Å². The summed E-state index contributed by atoms with van der Waals surface area (Å²) in [5.74, 6) is -0.640. The average molecular weight is 218 g/mol. The van der Waals surface area contributed by atoms with Crippen LogP contribution in [0.1, 0.15) is 32.1 Å². The van der Waals surface area contributed by atoms with Crippen molar-refractivity contribution in [1.82, 2.24) is 4.90 Å². The topological polar surface area (TPSA) is 54.6 Å². The molecule has 86 valence electrons. The summed E-state index contributed by atoms with van der Waals surface area (Å²) in [5.41, 5.74) is -0.595. The molecule has 0 radical (unpaired) electrons. The molecule has 0 bridgehead atoms. The van der Waals surface area contributed by atoms with E-state index in [1.54, 1.807) is 0 Å². The van der Waals surface area contributed by atoms with Crippen molar-refractivity contribution < 1.29 is 28.8 Å². The average Bonchev–Trinajstić information content (AvgIpc) is 2.31. The zero-order chi connectivity index (χ0) is 10.7. The summed E-state index contributed by atoms with van der Waals surface area (Å²) in [6.45, 7) is 3.32. The molecular formula is C11H19LiN2O2. The molecule has 5 heteroatoms. The van der Waals surface area contributed by atoms with E-state index in [0.29, 0.717) is 25.9 Å². The SMILES string of the molecule is O=C(O)C1(N2CCCCC2)CC[N-]CC1.[Li+]. The zero-order valence-electron chi connectivity index (χ0n) is 10.1. The molecule has 2 fully saturated rings. The van der Waals surface area contributed by atoms with Crippen LogP contribution in [0.3, 0.4) is 0 Å². The van der Waals surface area contributed by atoms with Gasteiger partial charge in [0.05, 0.1) is 0 Å². The number of hydrogen-bond acceptors (Lipinski definition) is 2. The number of likely N-dealkylation sites (tertiary alicyclic amines) is 1. The van der Waals surface area contributed by atoms with Crippen LogP contribution in [0.4, 0.5) is 0 Å². The van der Waals surface area contributed by atoms with Crippen molar-refractivity contribution in [2.45, 2.75) is 37.6 Å². The van der Waals surface area contributed by atoms with Crippen LogP contribution < -0.4 is 18.9 Å². The molecular weight excluding hydrogens is 199 g/mol. The van der Waals surface area contributed by atoms with Crippen LogP contribution in [0.15, 0.2) is 0 Å². The molecule has 0 unspecified atom stereocenters. The van der Waals surface area contributed by atoms with E-state index in [-0.39, 0.29) is 18.9 Å². The Morgan fingerprint density at radius 1 is 1.12 bits per heavy atom. The summed E-state index contributed by atoms with van der Waals surface area (Å²) >= 11 is 0. The van der Waals surface area contributed by atoms with Crippen molar-refractivity contribution in [3.8, 4) is 0 Å². The molecule has 1 N–H and O–H groups in total. The zero-order valence-corrected chi connectivity index (χ0v) is 10.1. The number of carboxylic acids is 1. The van der Waals surface area contributed by atoms with Gasteiger partial charge < -0.3 is 10.4 Å². The van der Waals surface area contributed by atoms with Gasteiger partial charge in [-0.25, -0.2) is 0 Å². The normalized spacial score (nSPS) is 25.8. The maximum atomic E-state index is 11.5. The number of carbonyl (C=O) groups is 1. The van der Waals surface area contributed by atoms with Crippen LogP contribution in [0.2, 0.25) is 0 Å². The van der Waals surface area contributed by atoms with Gasteiger partial charge in [0.25, 0.3) is 0 Å². The first-order chi connectivity index (χ1) is 7.26. The number of aliphatic carboxylic acids is 1. The third-order valence-electron chi connectivity index (χ3n) is 3.73. The summed E-state index contributed by atoms with van der Waals surface area (Å²) in [6, 6.07) is 0. The van der Waals surface area contributed by atoms with Gasteiger partial charge >= 0.3 is 24.8 Å². The first-order valence-corrected chi connectivity index (χ1v) is 5.87. The molecule has 0 aromatic heterocycles. The van der Waals surface area contributed by atoms with Crippen LogP contribution in [0.25, 0.3) is 5.32 Å². The van der Waals surface area contributed by atoms with E-state index in [1.807, 2.05) is 0 Å². The number of nitrogens with zero attached hydrogens (tertiary/aromatic N) is 2. The van der Waals surface area contributed by atoms with Gasteiger partial charge in [0, 0.05) is 0 Å². The molecule has 2 heterocycles. The minimum Gasteiger partial charge on any atom is -0.662 e. The van der Waals surface area contributed by atoms with E-state index in [1.165, 1.54) is 6.42 Å². The summed E-state index contributed by atoms with van der Waals surface area (Å²) in [7, 11) is 0. The molecule has 0 aromatic carbocycles. The molecule has 16 heavy (non-hydrogen) atoms. The molecule has 0 saturated carbocycles. The Balaban J connectivity index is 0.00000128. The van der Waals surface area contributed by atoms with Crippen LogP contribution in [-0.4, -0.2) is 47.7 Å². The second-order valence-corrected chi connectivity index (χ2v) is 4.56. The number of rotatable bonds is 2. The third kappa shape index (κ3) is 2.62. The smallest absolute Gasteiger partial charge is 0.662 e. The van der Waals surface area contributed by atoms with Crippen LogP contribution in [-0.2, 0) is 4.79 Å². The van der Waals surface area contributed by atoms with Crippen LogP contribution in [0.5, 0.6) is 0 Å². The summed E-state index contributed by atoms with van der Waals surface area (Å²) in [4.78, 5) is 13.7. The fourth-order valence-electron chi connectivity index (χ4n) is 2.75. The van der Waals surface area contributed by atoms with Gasteiger partial charge in [-0.1, -0.05) is 6.42 Å². The van der Waals surface area contributed by atoms with Gasteiger partial charge in [-0.05, 0) is 38.8 Å². The molecule has 0 aromatic rings. The van der Waals surface area contributed by atoms with Gasteiger partial charge in [0.2, 0.25) is 0 Å². The predicted molar refractivity (Wildman–Crippen MR) is 58.1 cm³/mol. The number of carboxylic acid groups (broad SMARTS) is 1. The maximum Gasteiger partial charge on any atom is 1.00 e. The van der Waals surface area contributed by atoms with E-state index >= 15 is 0 Å². The molecule has 0 amide bonds. The third-order valence-corrected chi connectivity index (χ3v) is 3.73. The largest absolute Gasteiger partial charge is 1.00 e. The summed E-state index contributed by atoms with van der Waals surface area (Å²) in [6.07, 6.45) is 4.93. The Hall–Kier alpha value is -0.0126. The van der Waals surface area contributed by atoms with Crippen LogP contribution >= 0.6 is 0 Å². The minimum atomic E-state index is -0.640. The Labute approximate surface area is 109 Å². The Kier molecular flexibility index (Phi) is 5.33. The standard InChI is InChI=1S/C11H19N2O2.Li/c14-10(15)11(4-6-12-7-5-11)13-8-2-1-3-9-13;/h1-9H2,(H,14,15);/q-1;+1. The molecule has 0 aliphatic carbocycles. The monoisotopic (exact) mass is 218 g/mol.